The van der Waals surface area contributed by atoms with Gasteiger partial charge in [0, 0.05) is 43.4 Å². The van der Waals surface area contributed by atoms with Gasteiger partial charge in [0.15, 0.2) is 11.5 Å². The molecule has 0 atom stereocenters. The molecule has 7 heteroatoms. The van der Waals surface area contributed by atoms with Gasteiger partial charge >= 0.3 is 17.9 Å². The molecule has 0 aliphatic heterocycles. The molecular weight excluding hydrogens is 544 g/mol. The highest BCUT2D eigenvalue weighted by molar-refractivity contribution is 5.75. The zero-order chi connectivity index (χ0) is 32.5. The Morgan fingerprint density at radius 3 is 1.77 bits per heavy atom. The molecule has 0 aliphatic rings. The van der Waals surface area contributed by atoms with Gasteiger partial charge in [-0.1, -0.05) is 43.2 Å². The molecule has 0 heterocycles. The summed E-state index contributed by atoms with van der Waals surface area (Å²) in [5.74, 6) is -0.688. The highest BCUT2D eigenvalue weighted by Gasteiger charge is 2.24. The van der Waals surface area contributed by atoms with Crippen LogP contribution >= 0.6 is 0 Å². The van der Waals surface area contributed by atoms with Crippen molar-refractivity contribution in [3.8, 4) is 23.0 Å². The van der Waals surface area contributed by atoms with Gasteiger partial charge in [0.2, 0.25) is 0 Å². The minimum atomic E-state index is -0.517. The number of hydrogen-bond acceptors (Lipinski definition) is 7. The normalized spacial score (nSPS) is 10.9. The summed E-state index contributed by atoms with van der Waals surface area (Å²) in [5.41, 5.74) is 5.97. The van der Waals surface area contributed by atoms with Gasteiger partial charge in [0.05, 0.1) is 0 Å². The number of aryl methyl sites for hydroxylation is 2. The van der Waals surface area contributed by atoms with Crippen LogP contribution in [0.1, 0.15) is 96.6 Å². The molecule has 0 aromatic heterocycles. The summed E-state index contributed by atoms with van der Waals surface area (Å²) in [4.78, 5) is 36.1. The van der Waals surface area contributed by atoms with Crippen LogP contribution in [0.2, 0.25) is 0 Å². The lowest BCUT2D eigenvalue weighted by Crippen LogP contribution is -2.15. The molecule has 2 rings (SSSR count). The number of aromatic hydroxyl groups is 1. The second-order valence-corrected chi connectivity index (χ2v) is 11.8. The zero-order valence-electron chi connectivity index (χ0n) is 27.1. The van der Waals surface area contributed by atoms with Crippen LogP contribution in [0.4, 0.5) is 0 Å². The second-order valence-electron chi connectivity index (χ2n) is 11.8. The van der Waals surface area contributed by atoms with Crippen LogP contribution in [0, 0.1) is 0 Å². The zero-order valence-corrected chi connectivity index (χ0v) is 27.1. The van der Waals surface area contributed by atoms with Crippen LogP contribution in [-0.2, 0) is 45.5 Å². The van der Waals surface area contributed by atoms with Gasteiger partial charge in [-0.15, -0.1) is 6.58 Å². The van der Waals surface area contributed by atoms with E-state index in [4.69, 9.17) is 14.2 Å². The molecule has 0 saturated carbocycles. The number of hydrogen-bond donors (Lipinski definition) is 1. The van der Waals surface area contributed by atoms with Crippen molar-refractivity contribution in [3.05, 3.63) is 82.0 Å². The van der Waals surface area contributed by atoms with Crippen LogP contribution in [-0.4, -0.2) is 23.0 Å². The van der Waals surface area contributed by atoms with Crippen LogP contribution < -0.4 is 14.2 Å². The van der Waals surface area contributed by atoms with Crippen LogP contribution in [0.25, 0.3) is 0 Å². The third-order valence-electron chi connectivity index (χ3n) is 7.01. The van der Waals surface area contributed by atoms with Gasteiger partial charge in [-0.25, -0.2) is 0 Å². The summed E-state index contributed by atoms with van der Waals surface area (Å²) in [6.45, 7) is 19.8. The van der Waals surface area contributed by atoms with Crippen molar-refractivity contribution < 1.29 is 33.7 Å². The summed E-state index contributed by atoms with van der Waals surface area (Å²) in [6.07, 6.45) is 8.84. The largest absolute Gasteiger partial charge is 0.507 e. The van der Waals surface area contributed by atoms with Crippen molar-refractivity contribution in [2.45, 2.75) is 99.8 Å². The second kappa shape index (κ2) is 15.4. The first-order chi connectivity index (χ1) is 20.0. The van der Waals surface area contributed by atoms with Crippen LogP contribution in [0.5, 0.6) is 23.0 Å². The quantitative estimate of drug-likeness (QED) is 0.144. The number of carbonyl (C=O) groups excluding carboxylic acids is 3. The minimum absolute atomic E-state index is 0.0323. The predicted molar refractivity (Wildman–Crippen MR) is 170 cm³/mol. The fourth-order valence-corrected chi connectivity index (χ4v) is 4.74. The monoisotopic (exact) mass is 590 g/mol. The smallest absolute Gasteiger partial charge is 0.308 e. The minimum Gasteiger partial charge on any atom is -0.507 e. The Kier molecular flexibility index (Phi) is 12.5. The summed E-state index contributed by atoms with van der Waals surface area (Å²) in [7, 11) is 0. The predicted octanol–water partition coefficient (Wildman–Crippen LogP) is 7.82. The van der Waals surface area contributed by atoms with Crippen LogP contribution in [0.3, 0.4) is 0 Å². The number of esters is 3. The molecule has 7 nitrogen and oxygen atoms in total. The first-order valence-corrected chi connectivity index (χ1v) is 14.5. The van der Waals surface area contributed by atoms with Gasteiger partial charge in [-0.05, 0) is 88.6 Å². The van der Waals surface area contributed by atoms with E-state index in [-0.39, 0.29) is 17.2 Å². The van der Waals surface area contributed by atoms with Gasteiger partial charge in [-0.2, -0.15) is 0 Å². The highest BCUT2D eigenvalue weighted by atomic mass is 16.6. The SMILES string of the molecule is C=CC(C)(C)c1cc(CCCc2cc(OC(C)=O)c(OC(C)=O)c(CC=C(C)C)c2CC=C(C)C)c(OC(C)=O)cc1O. The van der Waals surface area contributed by atoms with E-state index in [9.17, 15) is 19.5 Å². The van der Waals surface area contributed by atoms with E-state index in [1.54, 1.807) is 12.1 Å². The van der Waals surface area contributed by atoms with Crippen molar-refractivity contribution in [2.24, 2.45) is 0 Å². The van der Waals surface area contributed by atoms with Gasteiger partial charge in [-0.3, -0.25) is 14.4 Å². The average Bonchev–Trinajstić information content (AvgIpc) is 2.88. The number of allylic oxidation sites excluding steroid dienone is 5. The highest BCUT2D eigenvalue weighted by Crippen LogP contribution is 2.40. The summed E-state index contributed by atoms with van der Waals surface area (Å²) < 4.78 is 16.7. The number of carbonyl (C=O) groups is 3. The van der Waals surface area contributed by atoms with E-state index in [0.717, 1.165) is 33.4 Å². The molecule has 2 aromatic rings. The van der Waals surface area contributed by atoms with E-state index in [0.29, 0.717) is 43.4 Å². The van der Waals surface area contributed by atoms with E-state index in [1.165, 1.54) is 26.8 Å². The maximum absolute atomic E-state index is 12.1. The van der Waals surface area contributed by atoms with Gasteiger partial charge in [0.1, 0.15) is 11.5 Å². The molecule has 0 amide bonds. The standard InChI is InChI=1S/C36H46O7/c1-11-36(9,10)31-19-28(33(21-32(31)40)41-24(6)37)14-12-13-27-20-34(42-25(7)38)35(43-26(8)39)30(18-16-23(4)5)29(27)17-15-22(2)3/h11,15-16,19-21,40H,1,12-14,17-18H2,2-10H3. The summed E-state index contributed by atoms with van der Waals surface area (Å²) in [5, 5.41) is 10.7. The van der Waals surface area contributed by atoms with Crippen molar-refractivity contribution >= 4 is 17.9 Å². The maximum atomic E-state index is 12.1. The number of rotatable bonds is 13. The number of phenolic OH excluding ortho intramolecular Hbond substituents is 1. The summed E-state index contributed by atoms with van der Waals surface area (Å²) in [6, 6.07) is 5.14. The third-order valence-corrected chi connectivity index (χ3v) is 7.01. The Bertz CT molecular complexity index is 1430. The fraction of sp³-hybridized carbons (Fsp3) is 0.417. The Labute approximate surface area is 256 Å². The van der Waals surface area contributed by atoms with Crippen molar-refractivity contribution in [3.63, 3.8) is 0 Å². The van der Waals surface area contributed by atoms with Crippen molar-refractivity contribution in [2.75, 3.05) is 0 Å². The van der Waals surface area contributed by atoms with Crippen LogP contribution in [0.15, 0.2) is 54.2 Å². The molecule has 43 heavy (non-hydrogen) atoms. The molecule has 0 radical (unpaired) electrons. The Hall–Kier alpha value is -4.13. The molecule has 0 saturated heterocycles. The lowest BCUT2D eigenvalue weighted by molar-refractivity contribution is -0.134. The fourth-order valence-electron chi connectivity index (χ4n) is 4.74. The molecule has 0 aliphatic carbocycles. The molecule has 0 fully saturated rings. The van der Waals surface area contributed by atoms with E-state index in [2.05, 4.69) is 18.7 Å². The molecule has 1 N–H and O–H groups in total. The third kappa shape index (κ3) is 10.3. The Morgan fingerprint density at radius 1 is 0.744 bits per heavy atom. The topological polar surface area (TPSA) is 99.1 Å². The Morgan fingerprint density at radius 2 is 1.26 bits per heavy atom. The Balaban J connectivity index is 2.68. The average molecular weight is 591 g/mol. The molecule has 0 spiro atoms. The lowest BCUT2D eigenvalue weighted by atomic mass is 9.82. The molecule has 232 valence electrons. The van der Waals surface area contributed by atoms with Crippen molar-refractivity contribution in [1.82, 2.24) is 0 Å². The van der Waals surface area contributed by atoms with Gasteiger partial charge in [0.25, 0.3) is 0 Å². The lowest BCUT2D eigenvalue weighted by Gasteiger charge is -2.24. The number of benzene rings is 2. The molecule has 0 bridgehead atoms. The first-order valence-electron chi connectivity index (χ1n) is 14.5. The first kappa shape index (κ1) is 35.1. The molecular formula is C36H46O7. The summed E-state index contributed by atoms with van der Waals surface area (Å²) >= 11 is 0. The van der Waals surface area contributed by atoms with E-state index >= 15 is 0 Å². The maximum Gasteiger partial charge on any atom is 0.308 e. The van der Waals surface area contributed by atoms with Crippen molar-refractivity contribution in [1.29, 1.82) is 0 Å². The molecule has 0 unspecified atom stereocenters. The van der Waals surface area contributed by atoms with E-state index in [1.807, 2.05) is 47.6 Å². The number of ether oxygens (including phenoxy) is 3. The molecule has 2 aromatic carbocycles. The van der Waals surface area contributed by atoms with Gasteiger partial charge < -0.3 is 19.3 Å². The van der Waals surface area contributed by atoms with E-state index < -0.39 is 23.3 Å². The number of phenols is 1.